The number of benzene rings is 2. The van der Waals surface area contributed by atoms with Gasteiger partial charge < -0.3 is 10.5 Å². The monoisotopic (exact) mass is 252 g/mol. The lowest BCUT2D eigenvalue weighted by atomic mass is 10.1. The maximum atomic E-state index is 8.83. The maximum absolute atomic E-state index is 8.83. The van der Waals surface area contributed by atoms with Crippen molar-refractivity contribution in [2.45, 2.75) is 19.6 Å². The standard InChI is InChI=1S/C16H16N2O/c1-12(18)15-5-7-16(8-6-15)19-11-14-4-2-3-13(9-14)10-17/h2-9,12H,11,18H2,1H3. The van der Waals surface area contributed by atoms with Gasteiger partial charge in [0.15, 0.2) is 0 Å². The smallest absolute Gasteiger partial charge is 0.119 e. The Morgan fingerprint density at radius 1 is 1.21 bits per heavy atom. The van der Waals surface area contributed by atoms with E-state index in [9.17, 15) is 0 Å². The molecule has 0 amide bonds. The Kier molecular flexibility index (Phi) is 4.17. The lowest BCUT2D eigenvalue weighted by molar-refractivity contribution is 0.306. The lowest BCUT2D eigenvalue weighted by Crippen LogP contribution is -2.04. The van der Waals surface area contributed by atoms with Gasteiger partial charge >= 0.3 is 0 Å². The van der Waals surface area contributed by atoms with Crippen molar-refractivity contribution >= 4 is 0 Å². The number of nitrogens with zero attached hydrogens (tertiary/aromatic N) is 1. The van der Waals surface area contributed by atoms with Gasteiger partial charge in [-0.1, -0.05) is 24.3 Å². The Labute approximate surface area is 113 Å². The van der Waals surface area contributed by atoms with Crippen LogP contribution in [-0.4, -0.2) is 0 Å². The van der Waals surface area contributed by atoms with E-state index >= 15 is 0 Å². The highest BCUT2D eigenvalue weighted by Gasteiger charge is 2.01. The van der Waals surface area contributed by atoms with Crippen molar-refractivity contribution in [1.29, 1.82) is 5.26 Å². The third-order valence-corrected chi connectivity index (χ3v) is 2.87. The Balaban J connectivity index is 2.00. The molecule has 0 radical (unpaired) electrons. The van der Waals surface area contributed by atoms with Crippen LogP contribution in [0, 0.1) is 11.3 Å². The van der Waals surface area contributed by atoms with Crippen LogP contribution >= 0.6 is 0 Å². The quantitative estimate of drug-likeness (QED) is 0.909. The molecule has 0 aromatic heterocycles. The molecule has 0 saturated carbocycles. The number of nitrogens with two attached hydrogens (primary N) is 1. The highest BCUT2D eigenvalue weighted by Crippen LogP contribution is 2.17. The summed E-state index contributed by atoms with van der Waals surface area (Å²) in [6.45, 7) is 2.40. The molecular formula is C16H16N2O. The van der Waals surface area contributed by atoms with E-state index in [4.69, 9.17) is 15.7 Å². The van der Waals surface area contributed by atoms with Gasteiger partial charge in [-0.3, -0.25) is 0 Å². The van der Waals surface area contributed by atoms with Crippen molar-refractivity contribution in [3.63, 3.8) is 0 Å². The van der Waals surface area contributed by atoms with Crippen LogP contribution in [0.15, 0.2) is 48.5 Å². The van der Waals surface area contributed by atoms with Gasteiger partial charge in [0.2, 0.25) is 0 Å². The molecule has 0 saturated heterocycles. The van der Waals surface area contributed by atoms with E-state index < -0.39 is 0 Å². The molecule has 2 aromatic carbocycles. The molecule has 0 fully saturated rings. The Hall–Kier alpha value is -2.31. The zero-order chi connectivity index (χ0) is 13.7. The van der Waals surface area contributed by atoms with Crippen molar-refractivity contribution in [2.24, 2.45) is 5.73 Å². The van der Waals surface area contributed by atoms with E-state index in [1.807, 2.05) is 49.4 Å². The average Bonchev–Trinajstić information content (AvgIpc) is 2.46. The van der Waals surface area contributed by atoms with Gasteiger partial charge in [-0.25, -0.2) is 0 Å². The van der Waals surface area contributed by atoms with E-state index in [1.165, 1.54) is 0 Å². The third kappa shape index (κ3) is 3.57. The highest BCUT2D eigenvalue weighted by molar-refractivity contribution is 5.33. The van der Waals surface area contributed by atoms with Gasteiger partial charge in [-0.05, 0) is 42.3 Å². The summed E-state index contributed by atoms with van der Waals surface area (Å²) in [4.78, 5) is 0. The molecule has 0 spiro atoms. The summed E-state index contributed by atoms with van der Waals surface area (Å²) in [6, 6.07) is 17.3. The fourth-order valence-corrected chi connectivity index (χ4v) is 1.76. The second-order valence-electron chi connectivity index (χ2n) is 4.46. The molecule has 2 rings (SSSR count). The number of hydrogen-bond donors (Lipinski definition) is 1. The van der Waals surface area contributed by atoms with Crippen molar-refractivity contribution in [3.8, 4) is 11.8 Å². The van der Waals surface area contributed by atoms with Crippen LogP contribution in [0.5, 0.6) is 5.75 Å². The molecule has 2 aromatic rings. The summed E-state index contributed by atoms with van der Waals surface area (Å²) in [5.74, 6) is 0.798. The van der Waals surface area contributed by atoms with Gasteiger partial charge in [0, 0.05) is 6.04 Å². The molecule has 0 aliphatic heterocycles. The van der Waals surface area contributed by atoms with Crippen LogP contribution in [-0.2, 0) is 6.61 Å². The molecule has 0 aliphatic carbocycles. The number of hydrogen-bond acceptors (Lipinski definition) is 3. The minimum absolute atomic E-state index is 0.0290. The summed E-state index contributed by atoms with van der Waals surface area (Å²) in [7, 11) is 0. The highest BCUT2D eigenvalue weighted by atomic mass is 16.5. The second-order valence-corrected chi connectivity index (χ2v) is 4.46. The normalized spacial score (nSPS) is 11.6. The Morgan fingerprint density at radius 2 is 1.95 bits per heavy atom. The zero-order valence-corrected chi connectivity index (χ0v) is 10.8. The van der Waals surface area contributed by atoms with Crippen molar-refractivity contribution in [1.82, 2.24) is 0 Å². The minimum Gasteiger partial charge on any atom is -0.489 e. The summed E-state index contributed by atoms with van der Waals surface area (Å²) in [5, 5.41) is 8.83. The molecular weight excluding hydrogens is 236 g/mol. The number of rotatable bonds is 4. The molecule has 3 heteroatoms. The van der Waals surface area contributed by atoms with Crippen LogP contribution < -0.4 is 10.5 Å². The zero-order valence-electron chi connectivity index (χ0n) is 10.8. The van der Waals surface area contributed by atoms with Crippen LogP contribution in [0.3, 0.4) is 0 Å². The molecule has 2 N–H and O–H groups in total. The van der Waals surface area contributed by atoms with Crippen molar-refractivity contribution in [2.75, 3.05) is 0 Å². The first-order valence-electron chi connectivity index (χ1n) is 6.16. The summed E-state index contributed by atoms with van der Waals surface area (Å²) < 4.78 is 5.68. The van der Waals surface area contributed by atoms with E-state index in [1.54, 1.807) is 6.07 Å². The third-order valence-electron chi connectivity index (χ3n) is 2.87. The summed E-state index contributed by atoms with van der Waals surface area (Å²) >= 11 is 0. The Bertz CT molecular complexity index is 582. The molecule has 0 aliphatic rings. The Morgan fingerprint density at radius 3 is 2.58 bits per heavy atom. The van der Waals surface area contributed by atoms with Gasteiger partial charge in [-0.2, -0.15) is 5.26 Å². The van der Waals surface area contributed by atoms with Crippen LogP contribution in [0.2, 0.25) is 0 Å². The van der Waals surface area contributed by atoms with Crippen molar-refractivity contribution < 1.29 is 4.74 Å². The largest absolute Gasteiger partial charge is 0.489 e. The predicted octanol–water partition coefficient (Wildman–Crippen LogP) is 3.16. The molecule has 19 heavy (non-hydrogen) atoms. The van der Waals surface area contributed by atoms with E-state index in [-0.39, 0.29) is 6.04 Å². The second kappa shape index (κ2) is 6.03. The molecule has 0 bridgehead atoms. The van der Waals surface area contributed by atoms with E-state index in [0.717, 1.165) is 16.9 Å². The number of ether oxygens (including phenoxy) is 1. The van der Waals surface area contributed by atoms with Gasteiger partial charge in [0.05, 0.1) is 11.6 Å². The van der Waals surface area contributed by atoms with E-state index in [2.05, 4.69) is 6.07 Å². The molecule has 1 unspecified atom stereocenters. The SMILES string of the molecule is CC(N)c1ccc(OCc2cccc(C#N)c2)cc1. The summed E-state index contributed by atoms with van der Waals surface area (Å²) in [6.07, 6.45) is 0. The molecule has 3 nitrogen and oxygen atoms in total. The molecule has 1 atom stereocenters. The fourth-order valence-electron chi connectivity index (χ4n) is 1.76. The maximum Gasteiger partial charge on any atom is 0.119 e. The van der Waals surface area contributed by atoms with Gasteiger partial charge in [0.25, 0.3) is 0 Å². The first kappa shape index (κ1) is 13.1. The van der Waals surface area contributed by atoms with Crippen LogP contribution in [0.25, 0.3) is 0 Å². The van der Waals surface area contributed by atoms with Gasteiger partial charge in [0.1, 0.15) is 12.4 Å². The van der Waals surface area contributed by atoms with Gasteiger partial charge in [-0.15, -0.1) is 0 Å². The summed E-state index contributed by atoms with van der Waals surface area (Å²) in [5.41, 5.74) is 8.50. The van der Waals surface area contributed by atoms with Crippen LogP contribution in [0.4, 0.5) is 0 Å². The average molecular weight is 252 g/mol. The fraction of sp³-hybridized carbons (Fsp3) is 0.188. The first-order chi connectivity index (χ1) is 9.19. The lowest BCUT2D eigenvalue weighted by Gasteiger charge is -2.09. The van der Waals surface area contributed by atoms with Crippen molar-refractivity contribution in [3.05, 3.63) is 65.2 Å². The molecule has 0 heterocycles. The molecule has 96 valence electrons. The minimum atomic E-state index is 0.0290. The topological polar surface area (TPSA) is 59.0 Å². The van der Waals surface area contributed by atoms with E-state index in [0.29, 0.717) is 12.2 Å². The number of nitriles is 1. The van der Waals surface area contributed by atoms with Crippen LogP contribution in [0.1, 0.15) is 29.7 Å². The first-order valence-corrected chi connectivity index (χ1v) is 6.16. The predicted molar refractivity (Wildman–Crippen MR) is 74.5 cm³/mol.